The lowest BCUT2D eigenvalue weighted by atomic mass is 9.70. The molecule has 1 aromatic heterocycles. The van der Waals surface area contributed by atoms with Crippen LogP contribution >= 0.6 is 12.6 Å². The van der Waals surface area contributed by atoms with Gasteiger partial charge < -0.3 is 25.6 Å². The molecule has 1 aliphatic carbocycles. The summed E-state index contributed by atoms with van der Waals surface area (Å²) in [6.07, 6.45) is 4.43. The zero-order chi connectivity index (χ0) is 23.2. The van der Waals surface area contributed by atoms with Crippen LogP contribution < -0.4 is 21.1 Å². The third-order valence-electron chi connectivity index (χ3n) is 6.32. The fourth-order valence-electron chi connectivity index (χ4n) is 4.29. The molecule has 1 heterocycles. The van der Waals surface area contributed by atoms with Crippen molar-refractivity contribution >= 4 is 24.4 Å². The number of hydrogen-bond acceptors (Lipinski definition) is 7. The average Bonchev–Trinajstić information content (AvgIpc) is 3.11. The summed E-state index contributed by atoms with van der Waals surface area (Å²) in [5.74, 6) is 1.16. The molecule has 0 aliphatic heterocycles. The molecule has 1 aliphatic rings. The van der Waals surface area contributed by atoms with Gasteiger partial charge in [-0.25, -0.2) is 0 Å². The van der Waals surface area contributed by atoms with Crippen molar-refractivity contribution in [1.29, 1.82) is 0 Å². The lowest BCUT2D eigenvalue weighted by Crippen LogP contribution is -2.48. The van der Waals surface area contributed by atoms with Gasteiger partial charge in [0, 0.05) is 19.1 Å². The highest BCUT2D eigenvalue weighted by atomic mass is 32.1. The Kier molecular flexibility index (Phi) is 9.24. The second-order valence-corrected chi connectivity index (χ2v) is 9.72. The van der Waals surface area contributed by atoms with Gasteiger partial charge in [0.1, 0.15) is 11.5 Å². The van der Waals surface area contributed by atoms with E-state index in [4.69, 9.17) is 15.0 Å². The predicted octanol–water partition coefficient (Wildman–Crippen LogP) is 3.02. The number of nitrogens with zero attached hydrogens (tertiary/aromatic N) is 1. The summed E-state index contributed by atoms with van der Waals surface area (Å²) in [6, 6.07) is 0.0904. The van der Waals surface area contributed by atoms with E-state index in [0.717, 1.165) is 19.3 Å². The van der Waals surface area contributed by atoms with Crippen LogP contribution in [0.4, 0.5) is 0 Å². The molecular formula is C22H38N4O4S. The molecule has 9 heteroatoms. The van der Waals surface area contributed by atoms with Crippen LogP contribution in [0.5, 0.6) is 5.88 Å². The minimum absolute atomic E-state index is 0.0309. The van der Waals surface area contributed by atoms with Crippen molar-refractivity contribution in [3.63, 3.8) is 0 Å². The molecule has 0 spiro atoms. The summed E-state index contributed by atoms with van der Waals surface area (Å²) in [7, 11) is 0. The van der Waals surface area contributed by atoms with Gasteiger partial charge >= 0.3 is 0 Å². The van der Waals surface area contributed by atoms with E-state index in [-0.39, 0.29) is 41.0 Å². The molecule has 4 atom stereocenters. The van der Waals surface area contributed by atoms with Crippen molar-refractivity contribution < 1.29 is 18.8 Å². The highest BCUT2D eigenvalue weighted by Crippen LogP contribution is 2.37. The number of nitrogens with two attached hydrogens (primary N) is 1. The van der Waals surface area contributed by atoms with E-state index in [1.807, 2.05) is 0 Å². The van der Waals surface area contributed by atoms with Crippen LogP contribution in [0, 0.1) is 23.2 Å². The smallest absolute Gasteiger partial charge is 0.291 e. The molecule has 0 aromatic carbocycles. The fraction of sp³-hybridized carbons (Fsp3) is 0.773. The molecule has 4 unspecified atom stereocenters. The van der Waals surface area contributed by atoms with Crippen LogP contribution in [0.3, 0.4) is 0 Å². The van der Waals surface area contributed by atoms with E-state index < -0.39 is 5.41 Å². The van der Waals surface area contributed by atoms with E-state index in [1.165, 1.54) is 6.42 Å². The third-order valence-corrected chi connectivity index (χ3v) is 6.71. The molecule has 1 fully saturated rings. The Balaban J connectivity index is 2.02. The van der Waals surface area contributed by atoms with E-state index in [2.05, 4.69) is 49.2 Å². The largest absolute Gasteiger partial charge is 0.474 e. The lowest BCUT2D eigenvalue weighted by molar-refractivity contribution is -0.130. The monoisotopic (exact) mass is 454 g/mol. The number of carbonyl (C=O) groups is 2. The molecule has 0 radical (unpaired) electrons. The molecule has 1 aromatic rings. The van der Waals surface area contributed by atoms with Gasteiger partial charge in [-0.05, 0) is 49.6 Å². The summed E-state index contributed by atoms with van der Waals surface area (Å²) >= 11 is 4.40. The molecular weight excluding hydrogens is 416 g/mol. The number of aromatic nitrogens is 1. The minimum atomic E-state index is -0.807. The Bertz CT molecular complexity index is 752. The Morgan fingerprint density at radius 3 is 2.61 bits per heavy atom. The van der Waals surface area contributed by atoms with Crippen molar-refractivity contribution in [2.45, 2.75) is 71.2 Å². The second kappa shape index (κ2) is 11.2. The van der Waals surface area contributed by atoms with Crippen molar-refractivity contribution in [2.75, 3.05) is 19.7 Å². The number of rotatable bonds is 10. The van der Waals surface area contributed by atoms with Gasteiger partial charge in [0.25, 0.3) is 11.8 Å². The molecule has 2 rings (SSSR count). The molecule has 2 amide bonds. The highest BCUT2D eigenvalue weighted by Gasteiger charge is 2.36. The van der Waals surface area contributed by atoms with Gasteiger partial charge in [-0.15, -0.1) is 12.6 Å². The third kappa shape index (κ3) is 6.38. The molecule has 176 valence electrons. The number of amides is 2. The Morgan fingerprint density at radius 2 is 2.00 bits per heavy atom. The first-order chi connectivity index (χ1) is 14.6. The summed E-state index contributed by atoms with van der Waals surface area (Å²) in [5, 5.41) is 9.74. The van der Waals surface area contributed by atoms with Crippen LogP contribution in [0.2, 0.25) is 0 Å². The van der Waals surface area contributed by atoms with Crippen molar-refractivity contribution in [3.05, 3.63) is 5.76 Å². The topological polar surface area (TPSA) is 119 Å². The number of thiol groups is 1. The zero-order valence-electron chi connectivity index (χ0n) is 19.4. The molecule has 8 nitrogen and oxygen atoms in total. The van der Waals surface area contributed by atoms with Gasteiger partial charge in [-0.1, -0.05) is 33.6 Å². The van der Waals surface area contributed by atoms with Crippen LogP contribution in [0.25, 0.3) is 0 Å². The van der Waals surface area contributed by atoms with Crippen molar-refractivity contribution in [3.8, 4) is 5.88 Å². The second-order valence-electron chi connectivity index (χ2n) is 9.27. The van der Waals surface area contributed by atoms with Crippen LogP contribution in [0.15, 0.2) is 9.42 Å². The first-order valence-corrected chi connectivity index (χ1v) is 11.7. The number of hydrogen-bond donors (Lipinski definition) is 4. The van der Waals surface area contributed by atoms with Gasteiger partial charge in [0.05, 0.1) is 5.41 Å². The summed E-state index contributed by atoms with van der Waals surface area (Å²) in [4.78, 5) is 25.4. The Hall–Kier alpha value is -1.74. The summed E-state index contributed by atoms with van der Waals surface area (Å²) in [5.41, 5.74) is 4.62. The number of ether oxygens (including phenoxy) is 1. The van der Waals surface area contributed by atoms with Crippen LogP contribution in [-0.2, 0) is 4.79 Å². The van der Waals surface area contributed by atoms with Crippen molar-refractivity contribution in [1.82, 2.24) is 15.8 Å². The van der Waals surface area contributed by atoms with E-state index in [0.29, 0.717) is 30.8 Å². The van der Waals surface area contributed by atoms with E-state index in [1.54, 1.807) is 13.8 Å². The Labute approximate surface area is 190 Å². The fourth-order valence-corrected chi connectivity index (χ4v) is 4.54. The molecule has 0 saturated heterocycles. The predicted molar refractivity (Wildman–Crippen MR) is 122 cm³/mol. The number of nitrogens with one attached hydrogen (secondary N) is 2. The molecule has 4 N–H and O–H groups in total. The quantitative estimate of drug-likeness (QED) is 0.404. The van der Waals surface area contributed by atoms with E-state index in [9.17, 15) is 9.59 Å². The van der Waals surface area contributed by atoms with Gasteiger partial charge in [0.15, 0.2) is 0 Å². The van der Waals surface area contributed by atoms with Crippen LogP contribution in [0.1, 0.15) is 70.9 Å². The first-order valence-electron chi connectivity index (χ1n) is 11.2. The molecule has 1 saturated carbocycles. The summed E-state index contributed by atoms with van der Waals surface area (Å²) in [6.45, 7) is 10.9. The lowest BCUT2D eigenvalue weighted by Gasteiger charge is -2.40. The maximum atomic E-state index is 12.9. The highest BCUT2D eigenvalue weighted by molar-refractivity contribution is 7.80. The number of carbonyl (C=O) groups excluding carboxylic acids is 2. The van der Waals surface area contributed by atoms with E-state index >= 15 is 0 Å². The van der Waals surface area contributed by atoms with Gasteiger partial charge in [0.2, 0.25) is 11.7 Å². The normalized spacial score (nSPS) is 24.0. The first kappa shape index (κ1) is 25.5. The standard InChI is InChI=1S/C22H38N4O4S/c1-6-14-10-13(3)16(15(7-2)11-14)25-19(27)17-18(31)20(26-30-17)29-12-22(4,5)21(28)24-9-8-23/h13-16,31H,6-12,23H2,1-5H3,(H,24,28)(H,25,27). The van der Waals surface area contributed by atoms with Gasteiger partial charge in [-0.2, -0.15) is 0 Å². The van der Waals surface area contributed by atoms with Gasteiger partial charge in [-0.3, -0.25) is 9.59 Å². The van der Waals surface area contributed by atoms with Crippen LogP contribution in [-0.4, -0.2) is 42.7 Å². The molecule has 0 bridgehead atoms. The zero-order valence-corrected chi connectivity index (χ0v) is 20.3. The average molecular weight is 455 g/mol. The summed E-state index contributed by atoms with van der Waals surface area (Å²) < 4.78 is 10.9. The SMILES string of the molecule is CCC1CC(C)C(NC(=O)c2onc(OCC(C)(C)C(=O)NCCN)c2S)C(CC)C1. The maximum Gasteiger partial charge on any atom is 0.291 e. The minimum Gasteiger partial charge on any atom is -0.474 e. The molecule has 31 heavy (non-hydrogen) atoms. The maximum absolute atomic E-state index is 12.9. The Morgan fingerprint density at radius 1 is 1.29 bits per heavy atom. The van der Waals surface area contributed by atoms with Crippen molar-refractivity contribution in [2.24, 2.45) is 28.9 Å².